The van der Waals surface area contributed by atoms with Gasteiger partial charge in [0.05, 0.1) is 6.20 Å². The number of nitrogens with one attached hydrogen (secondary N) is 1. The van der Waals surface area contributed by atoms with Gasteiger partial charge in [0.2, 0.25) is 0 Å². The lowest BCUT2D eigenvalue weighted by atomic mass is 9.93. The van der Waals surface area contributed by atoms with Gasteiger partial charge in [-0.3, -0.25) is 4.79 Å². The number of aryl methyl sites for hydroxylation is 1. The van der Waals surface area contributed by atoms with E-state index in [0.717, 1.165) is 18.5 Å². The van der Waals surface area contributed by atoms with Crippen LogP contribution in [0.25, 0.3) is 5.65 Å². The number of carbonyl (C=O) groups is 1. The number of aromatic nitrogens is 3. The van der Waals surface area contributed by atoms with E-state index >= 15 is 0 Å². The van der Waals surface area contributed by atoms with E-state index in [1.54, 1.807) is 22.8 Å². The molecule has 1 saturated carbocycles. The standard InChI is InChI=1S/C12H14N4O/c1-8-7-10(12(17)15-9-3-2-4-9)16-11(14-8)5-6-13-16/h5-7,9H,2-4H2,1H3,(H,15,17). The highest BCUT2D eigenvalue weighted by Crippen LogP contribution is 2.18. The first-order chi connectivity index (χ1) is 8.24. The molecule has 0 aromatic carbocycles. The van der Waals surface area contributed by atoms with Crippen LogP contribution in [0.4, 0.5) is 0 Å². The molecule has 0 spiro atoms. The summed E-state index contributed by atoms with van der Waals surface area (Å²) >= 11 is 0. The van der Waals surface area contributed by atoms with Crippen molar-refractivity contribution in [3.63, 3.8) is 0 Å². The molecule has 2 heterocycles. The third-order valence-electron chi connectivity index (χ3n) is 3.16. The van der Waals surface area contributed by atoms with E-state index in [1.807, 2.05) is 6.92 Å². The van der Waals surface area contributed by atoms with Gasteiger partial charge < -0.3 is 5.32 Å². The zero-order valence-electron chi connectivity index (χ0n) is 9.68. The number of rotatable bonds is 2. The molecular weight excluding hydrogens is 216 g/mol. The molecule has 0 aliphatic heterocycles. The number of hydrogen-bond donors (Lipinski definition) is 1. The average Bonchev–Trinajstić information content (AvgIpc) is 2.69. The fraction of sp³-hybridized carbons (Fsp3) is 0.417. The van der Waals surface area contributed by atoms with Crippen LogP contribution in [-0.4, -0.2) is 26.5 Å². The van der Waals surface area contributed by atoms with Crippen molar-refractivity contribution in [1.82, 2.24) is 19.9 Å². The summed E-state index contributed by atoms with van der Waals surface area (Å²) in [7, 11) is 0. The van der Waals surface area contributed by atoms with E-state index in [0.29, 0.717) is 17.4 Å². The van der Waals surface area contributed by atoms with Gasteiger partial charge in [0.25, 0.3) is 5.91 Å². The number of fused-ring (bicyclic) bond motifs is 1. The highest BCUT2D eigenvalue weighted by atomic mass is 16.2. The molecule has 1 aliphatic carbocycles. The lowest BCUT2D eigenvalue weighted by Gasteiger charge is -2.26. The van der Waals surface area contributed by atoms with E-state index in [-0.39, 0.29) is 5.91 Å². The lowest BCUT2D eigenvalue weighted by Crippen LogP contribution is -2.40. The third-order valence-corrected chi connectivity index (χ3v) is 3.16. The summed E-state index contributed by atoms with van der Waals surface area (Å²) in [5, 5.41) is 7.14. The van der Waals surface area contributed by atoms with Crippen LogP contribution in [0.5, 0.6) is 0 Å². The van der Waals surface area contributed by atoms with E-state index < -0.39 is 0 Å². The lowest BCUT2D eigenvalue weighted by molar-refractivity contribution is 0.0909. The molecular formula is C12H14N4O. The monoisotopic (exact) mass is 230 g/mol. The summed E-state index contributed by atoms with van der Waals surface area (Å²) in [4.78, 5) is 16.4. The normalized spacial score (nSPS) is 15.8. The smallest absolute Gasteiger partial charge is 0.270 e. The second-order valence-corrected chi connectivity index (χ2v) is 4.49. The fourth-order valence-electron chi connectivity index (χ4n) is 2.01. The number of carbonyl (C=O) groups excluding carboxylic acids is 1. The Labute approximate surface area is 98.9 Å². The van der Waals surface area contributed by atoms with Crippen LogP contribution in [0.2, 0.25) is 0 Å². The van der Waals surface area contributed by atoms with Crippen molar-refractivity contribution in [3.8, 4) is 0 Å². The SMILES string of the molecule is Cc1cc(C(=O)NC2CCC2)n2nccc2n1. The minimum Gasteiger partial charge on any atom is -0.348 e. The van der Waals surface area contributed by atoms with Crippen LogP contribution < -0.4 is 5.32 Å². The molecule has 3 rings (SSSR count). The van der Waals surface area contributed by atoms with Crippen molar-refractivity contribution in [2.75, 3.05) is 0 Å². The van der Waals surface area contributed by atoms with E-state index in [9.17, 15) is 4.79 Å². The Balaban J connectivity index is 1.97. The molecule has 0 saturated heterocycles. The molecule has 0 radical (unpaired) electrons. The van der Waals surface area contributed by atoms with Crippen LogP contribution in [0.15, 0.2) is 18.3 Å². The predicted octanol–water partition coefficient (Wildman–Crippen LogP) is 1.32. The summed E-state index contributed by atoms with van der Waals surface area (Å²) in [5.41, 5.74) is 2.10. The molecule has 1 amide bonds. The van der Waals surface area contributed by atoms with Gasteiger partial charge in [0.1, 0.15) is 5.69 Å². The quantitative estimate of drug-likeness (QED) is 0.846. The summed E-state index contributed by atoms with van der Waals surface area (Å²) in [6.45, 7) is 1.88. The summed E-state index contributed by atoms with van der Waals surface area (Å²) in [5.74, 6) is -0.0612. The Kier molecular flexibility index (Phi) is 2.31. The molecule has 88 valence electrons. The first-order valence-electron chi connectivity index (χ1n) is 5.86. The van der Waals surface area contributed by atoms with Crippen LogP contribution >= 0.6 is 0 Å². The molecule has 5 heteroatoms. The van der Waals surface area contributed by atoms with E-state index in [4.69, 9.17) is 0 Å². The maximum absolute atomic E-state index is 12.1. The first-order valence-corrected chi connectivity index (χ1v) is 5.86. The first kappa shape index (κ1) is 10.3. The zero-order chi connectivity index (χ0) is 11.8. The number of hydrogen-bond acceptors (Lipinski definition) is 3. The Morgan fingerprint density at radius 1 is 1.53 bits per heavy atom. The largest absolute Gasteiger partial charge is 0.348 e. The van der Waals surface area contributed by atoms with Crippen molar-refractivity contribution < 1.29 is 4.79 Å². The van der Waals surface area contributed by atoms with Crippen molar-refractivity contribution in [2.45, 2.75) is 32.2 Å². The van der Waals surface area contributed by atoms with Crippen molar-refractivity contribution in [3.05, 3.63) is 29.7 Å². The molecule has 1 N–H and O–H groups in total. The van der Waals surface area contributed by atoms with Gasteiger partial charge in [-0.2, -0.15) is 5.10 Å². The molecule has 0 unspecified atom stereocenters. The molecule has 1 fully saturated rings. The fourth-order valence-corrected chi connectivity index (χ4v) is 2.01. The minimum absolute atomic E-state index is 0.0612. The second kappa shape index (κ2) is 3.84. The predicted molar refractivity (Wildman–Crippen MR) is 62.8 cm³/mol. The van der Waals surface area contributed by atoms with Crippen molar-refractivity contribution in [2.24, 2.45) is 0 Å². The Morgan fingerprint density at radius 2 is 2.35 bits per heavy atom. The van der Waals surface area contributed by atoms with Gasteiger partial charge in [0, 0.05) is 17.8 Å². The van der Waals surface area contributed by atoms with Crippen LogP contribution in [0.1, 0.15) is 35.4 Å². The Hall–Kier alpha value is -1.91. The number of amides is 1. The summed E-state index contributed by atoms with van der Waals surface area (Å²) < 4.78 is 1.58. The van der Waals surface area contributed by atoms with Crippen LogP contribution in [0, 0.1) is 6.92 Å². The van der Waals surface area contributed by atoms with Gasteiger partial charge in [-0.15, -0.1) is 0 Å². The van der Waals surface area contributed by atoms with Gasteiger partial charge in [-0.1, -0.05) is 0 Å². The number of nitrogens with zero attached hydrogens (tertiary/aromatic N) is 3. The molecule has 17 heavy (non-hydrogen) atoms. The molecule has 2 aromatic rings. The summed E-state index contributed by atoms with van der Waals surface area (Å²) in [6, 6.07) is 3.91. The maximum atomic E-state index is 12.1. The van der Waals surface area contributed by atoms with Crippen molar-refractivity contribution in [1.29, 1.82) is 0 Å². The summed E-state index contributed by atoms with van der Waals surface area (Å²) in [6.07, 6.45) is 5.02. The van der Waals surface area contributed by atoms with Crippen molar-refractivity contribution >= 4 is 11.6 Å². The molecule has 0 bridgehead atoms. The molecule has 2 aromatic heterocycles. The zero-order valence-corrected chi connectivity index (χ0v) is 9.68. The van der Waals surface area contributed by atoms with Gasteiger partial charge in [-0.25, -0.2) is 9.50 Å². The second-order valence-electron chi connectivity index (χ2n) is 4.49. The minimum atomic E-state index is -0.0612. The van der Waals surface area contributed by atoms with Gasteiger partial charge >= 0.3 is 0 Å². The molecule has 1 aliphatic rings. The highest BCUT2D eigenvalue weighted by Gasteiger charge is 2.21. The molecule has 0 atom stereocenters. The van der Waals surface area contributed by atoms with Gasteiger partial charge in [0.15, 0.2) is 5.65 Å². The van der Waals surface area contributed by atoms with Crippen LogP contribution in [0.3, 0.4) is 0 Å². The average molecular weight is 230 g/mol. The van der Waals surface area contributed by atoms with Gasteiger partial charge in [-0.05, 0) is 32.3 Å². The van der Waals surface area contributed by atoms with E-state index in [2.05, 4.69) is 15.4 Å². The highest BCUT2D eigenvalue weighted by molar-refractivity contribution is 5.93. The van der Waals surface area contributed by atoms with E-state index in [1.165, 1.54) is 6.42 Å². The molecule has 5 nitrogen and oxygen atoms in total. The maximum Gasteiger partial charge on any atom is 0.270 e. The Bertz CT molecular complexity index is 571. The Morgan fingerprint density at radius 3 is 3.06 bits per heavy atom. The van der Waals surface area contributed by atoms with Crippen LogP contribution in [-0.2, 0) is 0 Å². The topological polar surface area (TPSA) is 59.3 Å². The third kappa shape index (κ3) is 1.77.